The molecule has 0 saturated carbocycles. The lowest BCUT2D eigenvalue weighted by atomic mass is 9.86. The molecule has 1 fully saturated rings. The molecule has 0 radical (unpaired) electrons. The Balaban J connectivity index is 1.67. The molecule has 2 heterocycles. The van der Waals surface area contributed by atoms with Crippen molar-refractivity contribution in [3.8, 4) is 6.01 Å². The first-order valence-electron chi connectivity index (χ1n) is 9.61. The van der Waals surface area contributed by atoms with E-state index < -0.39 is 0 Å². The first-order chi connectivity index (χ1) is 12.7. The van der Waals surface area contributed by atoms with Crippen molar-refractivity contribution >= 4 is 5.91 Å². The highest BCUT2D eigenvalue weighted by molar-refractivity contribution is 5.94. The van der Waals surface area contributed by atoms with E-state index in [-0.39, 0.29) is 17.4 Å². The number of carbonyl (C=O) groups is 1. The zero-order valence-electron chi connectivity index (χ0n) is 17.0. The number of aromatic nitrogens is 2. The van der Waals surface area contributed by atoms with Gasteiger partial charge in [0.2, 0.25) is 0 Å². The smallest absolute Gasteiger partial charge is 0.317 e. The molecule has 0 bridgehead atoms. The zero-order chi connectivity index (χ0) is 19.6. The molecule has 144 valence electrons. The van der Waals surface area contributed by atoms with Crippen LogP contribution in [0.1, 0.15) is 60.9 Å². The maximum atomic E-state index is 12.9. The van der Waals surface area contributed by atoms with Crippen LogP contribution in [0.3, 0.4) is 0 Å². The molecule has 5 nitrogen and oxygen atoms in total. The van der Waals surface area contributed by atoms with Crippen LogP contribution < -0.4 is 4.74 Å². The maximum absolute atomic E-state index is 12.9. The molecule has 2 aromatic rings. The van der Waals surface area contributed by atoms with Crippen LogP contribution >= 0.6 is 0 Å². The van der Waals surface area contributed by atoms with Gasteiger partial charge < -0.3 is 9.64 Å². The van der Waals surface area contributed by atoms with Crippen molar-refractivity contribution in [2.24, 2.45) is 0 Å². The summed E-state index contributed by atoms with van der Waals surface area (Å²) in [5.41, 5.74) is 3.81. The van der Waals surface area contributed by atoms with Gasteiger partial charge in [-0.15, -0.1) is 0 Å². The Morgan fingerprint density at radius 3 is 2.33 bits per heavy atom. The van der Waals surface area contributed by atoms with E-state index in [0.29, 0.717) is 12.6 Å². The number of nitrogens with zero attached hydrogens (tertiary/aromatic N) is 3. The van der Waals surface area contributed by atoms with Gasteiger partial charge in [-0.05, 0) is 55.9 Å². The van der Waals surface area contributed by atoms with Crippen LogP contribution in [0, 0.1) is 13.8 Å². The molecule has 1 saturated heterocycles. The third-order valence-electron chi connectivity index (χ3n) is 4.90. The van der Waals surface area contributed by atoms with Crippen LogP contribution in [0.4, 0.5) is 0 Å². The van der Waals surface area contributed by atoms with E-state index in [0.717, 1.165) is 36.3 Å². The monoisotopic (exact) mass is 367 g/mol. The molecule has 1 aromatic carbocycles. The Morgan fingerprint density at radius 1 is 1.11 bits per heavy atom. The van der Waals surface area contributed by atoms with E-state index >= 15 is 0 Å². The van der Waals surface area contributed by atoms with Crippen molar-refractivity contribution in [1.82, 2.24) is 14.9 Å². The maximum Gasteiger partial charge on any atom is 0.317 e. The minimum Gasteiger partial charge on any atom is -0.458 e. The molecule has 1 atom stereocenters. The van der Waals surface area contributed by atoms with Gasteiger partial charge in [-0.25, -0.2) is 9.97 Å². The Kier molecular flexibility index (Phi) is 5.49. The van der Waals surface area contributed by atoms with E-state index in [9.17, 15) is 4.79 Å². The fraction of sp³-hybridized carbons (Fsp3) is 0.500. The standard InChI is InChI=1S/C22H29N3O2/c1-15-13-16(2)24-21(23-15)27-19-7-6-12-25(14-19)20(26)17-8-10-18(11-9-17)22(3,4)5/h8-11,13,19H,6-7,12,14H2,1-5H3. The van der Waals surface area contributed by atoms with Crippen LogP contribution in [-0.2, 0) is 5.41 Å². The summed E-state index contributed by atoms with van der Waals surface area (Å²) >= 11 is 0. The highest BCUT2D eigenvalue weighted by Crippen LogP contribution is 2.23. The van der Waals surface area contributed by atoms with Gasteiger partial charge in [-0.2, -0.15) is 0 Å². The van der Waals surface area contributed by atoms with E-state index in [1.54, 1.807) is 0 Å². The van der Waals surface area contributed by atoms with E-state index in [1.807, 2.05) is 36.9 Å². The number of benzene rings is 1. The summed E-state index contributed by atoms with van der Waals surface area (Å²) in [5.74, 6) is 0.0603. The Hall–Kier alpha value is -2.43. The quantitative estimate of drug-likeness (QED) is 0.820. The third-order valence-corrected chi connectivity index (χ3v) is 4.90. The Labute approximate surface area is 161 Å². The molecule has 3 rings (SSSR count). The lowest BCUT2D eigenvalue weighted by molar-refractivity contribution is 0.0515. The van der Waals surface area contributed by atoms with Crippen LogP contribution in [0.25, 0.3) is 0 Å². The van der Waals surface area contributed by atoms with Crippen molar-refractivity contribution in [2.75, 3.05) is 13.1 Å². The number of likely N-dealkylation sites (tertiary alicyclic amines) is 1. The Bertz CT molecular complexity index is 789. The van der Waals surface area contributed by atoms with Gasteiger partial charge in [-0.1, -0.05) is 32.9 Å². The predicted octanol–water partition coefficient (Wildman–Crippen LogP) is 4.07. The summed E-state index contributed by atoms with van der Waals surface area (Å²) < 4.78 is 5.98. The highest BCUT2D eigenvalue weighted by Gasteiger charge is 2.26. The molecule has 1 unspecified atom stereocenters. The molecule has 1 aromatic heterocycles. The summed E-state index contributed by atoms with van der Waals surface area (Å²) in [6, 6.07) is 10.3. The topological polar surface area (TPSA) is 55.3 Å². The van der Waals surface area contributed by atoms with Crippen LogP contribution in [0.2, 0.25) is 0 Å². The van der Waals surface area contributed by atoms with Crippen molar-refractivity contribution in [2.45, 2.75) is 59.0 Å². The molecule has 1 aliphatic heterocycles. The number of hydrogen-bond donors (Lipinski definition) is 0. The fourth-order valence-electron chi connectivity index (χ4n) is 3.41. The molecule has 27 heavy (non-hydrogen) atoms. The van der Waals surface area contributed by atoms with Crippen molar-refractivity contribution < 1.29 is 9.53 Å². The predicted molar refractivity (Wildman–Crippen MR) is 106 cm³/mol. The van der Waals surface area contributed by atoms with Crippen LogP contribution in [0.5, 0.6) is 6.01 Å². The molecular formula is C22H29N3O2. The highest BCUT2D eigenvalue weighted by atomic mass is 16.5. The number of hydrogen-bond acceptors (Lipinski definition) is 4. The van der Waals surface area contributed by atoms with Gasteiger partial charge in [0, 0.05) is 23.5 Å². The summed E-state index contributed by atoms with van der Waals surface area (Å²) in [6.45, 7) is 11.7. The summed E-state index contributed by atoms with van der Waals surface area (Å²) in [6.07, 6.45) is 1.75. The van der Waals surface area contributed by atoms with E-state index in [1.165, 1.54) is 5.56 Å². The third kappa shape index (κ3) is 4.85. The van der Waals surface area contributed by atoms with Gasteiger partial charge in [0.15, 0.2) is 0 Å². The minimum atomic E-state index is -0.0715. The van der Waals surface area contributed by atoms with Gasteiger partial charge in [-0.3, -0.25) is 4.79 Å². The van der Waals surface area contributed by atoms with Gasteiger partial charge in [0.05, 0.1) is 6.54 Å². The molecule has 1 aliphatic rings. The van der Waals surface area contributed by atoms with E-state index in [2.05, 4.69) is 42.9 Å². The zero-order valence-corrected chi connectivity index (χ0v) is 17.0. The number of carbonyl (C=O) groups excluding carboxylic acids is 1. The van der Waals surface area contributed by atoms with Gasteiger partial charge >= 0.3 is 6.01 Å². The average molecular weight is 367 g/mol. The lowest BCUT2D eigenvalue weighted by Crippen LogP contribution is -2.44. The van der Waals surface area contributed by atoms with Crippen LogP contribution in [0.15, 0.2) is 30.3 Å². The molecule has 0 spiro atoms. The van der Waals surface area contributed by atoms with Gasteiger partial charge in [0.25, 0.3) is 5.91 Å². The average Bonchev–Trinajstić information content (AvgIpc) is 2.60. The number of aryl methyl sites for hydroxylation is 2. The molecule has 5 heteroatoms. The first-order valence-corrected chi connectivity index (χ1v) is 9.61. The second kappa shape index (κ2) is 7.67. The van der Waals surface area contributed by atoms with E-state index in [4.69, 9.17) is 4.74 Å². The first kappa shape index (κ1) is 19.3. The lowest BCUT2D eigenvalue weighted by Gasteiger charge is -2.32. The largest absolute Gasteiger partial charge is 0.458 e. The molecule has 0 aliphatic carbocycles. The summed E-state index contributed by atoms with van der Waals surface area (Å²) in [5, 5.41) is 0. The molecule has 1 amide bonds. The van der Waals surface area contributed by atoms with Crippen LogP contribution in [-0.4, -0.2) is 40.0 Å². The SMILES string of the molecule is Cc1cc(C)nc(OC2CCCN(C(=O)c3ccc(C(C)(C)C)cc3)C2)n1. The van der Waals surface area contributed by atoms with Crippen molar-refractivity contribution in [3.05, 3.63) is 52.8 Å². The second-order valence-corrected chi connectivity index (χ2v) is 8.39. The van der Waals surface area contributed by atoms with Gasteiger partial charge in [0.1, 0.15) is 6.10 Å². The molecule has 0 N–H and O–H groups in total. The minimum absolute atomic E-state index is 0.0603. The summed E-state index contributed by atoms with van der Waals surface area (Å²) in [7, 11) is 0. The number of piperidine rings is 1. The van der Waals surface area contributed by atoms with Crippen molar-refractivity contribution in [1.29, 1.82) is 0 Å². The number of amides is 1. The molecular weight excluding hydrogens is 338 g/mol. The number of rotatable bonds is 3. The van der Waals surface area contributed by atoms with Crippen molar-refractivity contribution in [3.63, 3.8) is 0 Å². The fourth-order valence-corrected chi connectivity index (χ4v) is 3.41. The number of ether oxygens (including phenoxy) is 1. The summed E-state index contributed by atoms with van der Waals surface area (Å²) in [4.78, 5) is 23.5. The second-order valence-electron chi connectivity index (χ2n) is 8.39. The normalized spacial score (nSPS) is 17.7. The Morgan fingerprint density at radius 2 is 1.74 bits per heavy atom.